The van der Waals surface area contributed by atoms with Gasteiger partial charge >= 0.3 is 0 Å². The van der Waals surface area contributed by atoms with Gasteiger partial charge in [-0.1, -0.05) is 0 Å². The average Bonchev–Trinajstić information content (AvgIpc) is 2.90. The van der Waals surface area contributed by atoms with Crippen LogP contribution in [0.4, 0.5) is 0 Å². The molecule has 2 saturated carbocycles. The summed E-state index contributed by atoms with van der Waals surface area (Å²) in [5.41, 5.74) is 0. The maximum absolute atomic E-state index is 9.91. The van der Waals surface area contributed by atoms with Crippen LogP contribution in [0, 0.1) is 23.7 Å². The largest absolute Gasteiger partial charge is 0.390 e. The van der Waals surface area contributed by atoms with Gasteiger partial charge in [-0.2, -0.15) is 0 Å². The van der Waals surface area contributed by atoms with Gasteiger partial charge in [0.1, 0.15) is 0 Å². The van der Waals surface area contributed by atoms with E-state index in [-0.39, 0.29) is 36.3 Å². The first-order chi connectivity index (χ1) is 7.69. The lowest BCUT2D eigenvalue weighted by molar-refractivity contribution is -0.203. The fraction of sp³-hybridized carbons (Fsp3) is 1.00. The van der Waals surface area contributed by atoms with Crippen molar-refractivity contribution in [1.29, 1.82) is 0 Å². The zero-order valence-electron chi connectivity index (χ0n) is 9.45. The summed E-state index contributed by atoms with van der Waals surface area (Å²) in [5, 5.41) is 19.8. The van der Waals surface area contributed by atoms with Crippen molar-refractivity contribution in [2.75, 3.05) is 14.2 Å². The SMILES string of the molecule is CO[C@H]1O[C@@H](OC)[C@H]2[C@H]3C[C@@H]([C@H](O)[C@H]3O)[C@@H]12. The van der Waals surface area contributed by atoms with Crippen molar-refractivity contribution in [1.82, 2.24) is 0 Å². The molecule has 2 N–H and O–H groups in total. The Kier molecular flexibility index (Phi) is 2.49. The Hall–Kier alpha value is -0.200. The van der Waals surface area contributed by atoms with E-state index in [0.717, 1.165) is 6.42 Å². The smallest absolute Gasteiger partial charge is 0.163 e. The summed E-state index contributed by atoms with van der Waals surface area (Å²) in [4.78, 5) is 0. The molecule has 2 bridgehead atoms. The normalized spacial score (nSPS) is 59.2. The van der Waals surface area contributed by atoms with Crippen molar-refractivity contribution >= 4 is 0 Å². The number of hydrogen-bond acceptors (Lipinski definition) is 5. The summed E-state index contributed by atoms with van der Waals surface area (Å²) >= 11 is 0. The van der Waals surface area contributed by atoms with Crippen molar-refractivity contribution in [3.8, 4) is 0 Å². The van der Waals surface area contributed by atoms with Gasteiger partial charge in [0.05, 0.1) is 12.2 Å². The molecule has 16 heavy (non-hydrogen) atoms. The Morgan fingerprint density at radius 1 is 0.938 bits per heavy atom. The van der Waals surface area contributed by atoms with E-state index < -0.39 is 12.2 Å². The van der Waals surface area contributed by atoms with Crippen LogP contribution in [0.3, 0.4) is 0 Å². The topological polar surface area (TPSA) is 68.2 Å². The third kappa shape index (κ3) is 1.18. The van der Waals surface area contributed by atoms with Gasteiger partial charge in [-0.15, -0.1) is 0 Å². The molecule has 3 aliphatic rings. The first-order valence-electron chi connectivity index (χ1n) is 5.76. The quantitative estimate of drug-likeness (QED) is 0.673. The molecule has 1 saturated heterocycles. The second-order valence-corrected chi connectivity index (χ2v) is 5.04. The lowest BCUT2D eigenvalue weighted by Crippen LogP contribution is -2.44. The molecule has 0 spiro atoms. The van der Waals surface area contributed by atoms with Crippen molar-refractivity contribution in [3.63, 3.8) is 0 Å². The molecule has 5 heteroatoms. The van der Waals surface area contributed by atoms with Crippen LogP contribution in [-0.2, 0) is 14.2 Å². The Balaban J connectivity index is 1.89. The highest BCUT2D eigenvalue weighted by Gasteiger charge is 2.65. The van der Waals surface area contributed by atoms with Gasteiger partial charge in [-0.25, -0.2) is 0 Å². The molecule has 1 aliphatic heterocycles. The Bertz CT molecular complexity index is 258. The van der Waals surface area contributed by atoms with Gasteiger partial charge in [-0.05, 0) is 18.3 Å². The molecule has 92 valence electrons. The van der Waals surface area contributed by atoms with E-state index in [2.05, 4.69) is 0 Å². The van der Waals surface area contributed by atoms with Gasteiger partial charge in [0, 0.05) is 26.1 Å². The highest BCUT2D eigenvalue weighted by atomic mass is 16.8. The first kappa shape index (κ1) is 10.9. The van der Waals surface area contributed by atoms with Crippen LogP contribution >= 0.6 is 0 Å². The summed E-state index contributed by atoms with van der Waals surface area (Å²) in [7, 11) is 3.21. The third-order valence-corrected chi connectivity index (χ3v) is 4.57. The number of methoxy groups -OCH3 is 2. The molecule has 3 fully saturated rings. The van der Waals surface area contributed by atoms with E-state index in [4.69, 9.17) is 14.2 Å². The average molecular weight is 230 g/mol. The second-order valence-electron chi connectivity index (χ2n) is 5.04. The van der Waals surface area contributed by atoms with E-state index in [1.165, 1.54) is 0 Å². The molecule has 5 nitrogen and oxygen atoms in total. The minimum atomic E-state index is -0.636. The first-order valence-corrected chi connectivity index (χ1v) is 5.76. The van der Waals surface area contributed by atoms with Gasteiger partial charge < -0.3 is 24.4 Å². The lowest BCUT2D eigenvalue weighted by atomic mass is 9.77. The number of rotatable bonds is 2. The number of fused-ring (bicyclic) bond motifs is 5. The summed E-state index contributed by atoms with van der Waals surface area (Å²) in [6, 6.07) is 0. The van der Waals surface area contributed by atoms with Crippen LogP contribution < -0.4 is 0 Å². The van der Waals surface area contributed by atoms with Crippen LogP contribution in [0.5, 0.6) is 0 Å². The number of hydrogen-bond donors (Lipinski definition) is 2. The minimum absolute atomic E-state index is 0.0788. The molecule has 0 unspecified atom stereocenters. The highest BCUT2D eigenvalue weighted by molar-refractivity contribution is 5.09. The van der Waals surface area contributed by atoms with Gasteiger partial charge in [-0.3, -0.25) is 0 Å². The number of aliphatic hydroxyl groups excluding tert-OH is 2. The molecule has 8 atom stereocenters. The molecule has 0 amide bonds. The van der Waals surface area contributed by atoms with Crippen LogP contribution in [0.25, 0.3) is 0 Å². The Labute approximate surface area is 94.3 Å². The molecule has 0 aromatic heterocycles. The van der Waals surface area contributed by atoms with Crippen molar-refractivity contribution < 1.29 is 24.4 Å². The standard InChI is InChI=1S/C11H18O5/c1-14-10-6-4-3-5(9(13)8(4)12)7(6)11(15-2)16-10/h4-13H,3H2,1-2H3/t4-,5-,6-,7+,8+,9+,10+,11-/m1/s1. The third-order valence-electron chi connectivity index (χ3n) is 4.57. The van der Waals surface area contributed by atoms with Gasteiger partial charge in [0.2, 0.25) is 0 Å². The minimum Gasteiger partial charge on any atom is -0.390 e. The predicted molar refractivity (Wildman–Crippen MR) is 53.3 cm³/mol. The van der Waals surface area contributed by atoms with E-state index in [1.807, 2.05) is 0 Å². The van der Waals surface area contributed by atoms with Crippen LogP contribution in [0.15, 0.2) is 0 Å². The van der Waals surface area contributed by atoms with E-state index in [0.29, 0.717) is 0 Å². The summed E-state index contributed by atoms with van der Waals surface area (Å²) < 4.78 is 16.2. The molecule has 0 radical (unpaired) electrons. The van der Waals surface area contributed by atoms with Crippen LogP contribution in [0.1, 0.15) is 6.42 Å². The fourth-order valence-corrected chi connectivity index (χ4v) is 3.95. The van der Waals surface area contributed by atoms with E-state index in [9.17, 15) is 10.2 Å². The monoisotopic (exact) mass is 230 g/mol. The summed E-state index contributed by atoms with van der Waals surface area (Å²) in [6.07, 6.45) is -1.05. The summed E-state index contributed by atoms with van der Waals surface area (Å²) in [6.45, 7) is 0. The number of aliphatic hydroxyl groups is 2. The predicted octanol–water partition coefficient (Wildman–Crippen LogP) is -0.435. The maximum atomic E-state index is 9.91. The van der Waals surface area contributed by atoms with Crippen molar-refractivity contribution in [3.05, 3.63) is 0 Å². The van der Waals surface area contributed by atoms with Crippen molar-refractivity contribution in [2.45, 2.75) is 31.2 Å². The maximum Gasteiger partial charge on any atom is 0.163 e. The second kappa shape index (κ2) is 3.65. The van der Waals surface area contributed by atoms with E-state index >= 15 is 0 Å². The van der Waals surface area contributed by atoms with Gasteiger partial charge in [0.25, 0.3) is 0 Å². The zero-order chi connectivity index (χ0) is 11.4. The van der Waals surface area contributed by atoms with Crippen LogP contribution in [0.2, 0.25) is 0 Å². The Morgan fingerprint density at radius 2 is 1.38 bits per heavy atom. The fourth-order valence-electron chi connectivity index (χ4n) is 3.95. The lowest BCUT2D eigenvalue weighted by Gasteiger charge is -2.33. The molecule has 1 heterocycles. The Morgan fingerprint density at radius 3 is 1.75 bits per heavy atom. The van der Waals surface area contributed by atoms with Crippen molar-refractivity contribution in [2.24, 2.45) is 23.7 Å². The van der Waals surface area contributed by atoms with Gasteiger partial charge in [0.15, 0.2) is 12.6 Å². The number of ether oxygens (including phenoxy) is 3. The zero-order valence-corrected chi connectivity index (χ0v) is 9.45. The van der Waals surface area contributed by atoms with Crippen LogP contribution in [-0.4, -0.2) is 49.2 Å². The van der Waals surface area contributed by atoms with E-state index in [1.54, 1.807) is 14.2 Å². The highest BCUT2D eigenvalue weighted by Crippen LogP contribution is 2.59. The molecule has 0 aromatic carbocycles. The molecular formula is C11H18O5. The summed E-state index contributed by atoms with van der Waals surface area (Å²) in [5.74, 6) is 0.460. The molecule has 2 aliphatic carbocycles. The molecule has 3 rings (SSSR count). The molecule has 0 aromatic rings. The molecular weight excluding hydrogens is 212 g/mol.